The van der Waals surface area contributed by atoms with Crippen molar-refractivity contribution in [3.05, 3.63) is 78.0 Å². The van der Waals surface area contributed by atoms with Gasteiger partial charge in [-0.1, -0.05) is 63.2 Å². The summed E-state index contributed by atoms with van der Waals surface area (Å²) in [5.74, 6) is 1.49. The number of rotatable bonds is 5. The van der Waals surface area contributed by atoms with Crippen LogP contribution in [0.3, 0.4) is 0 Å². The highest BCUT2D eigenvalue weighted by Gasteiger charge is 2.13. The fourth-order valence-corrected chi connectivity index (χ4v) is 2.74. The Morgan fingerprint density at radius 1 is 0.923 bits per heavy atom. The molecule has 0 saturated heterocycles. The van der Waals surface area contributed by atoms with Crippen molar-refractivity contribution in [1.29, 1.82) is 0 Å². The van der Waals surface area contributed by atoms with Gasteiger partial charge in [-0.2, -0.15) is 4.98 Å². The third-order valence-corrected chi connectivity index (χ3v) is 4.30. The minimum Gasteiger partial charge on any atom is -0.355 e. The lowest BCUT2D eigenvalue weighted by Gasteiger charge is -2.20. The summed E-state index contributed by atoms with van der Waals surface area (Å²) in [4.78, 5) is 11.1. The Morgan fingerprint density at radius 2 is 1.62 bits per heavy atom. The van der Waals surface area contributed by atoms with E-state index in [0.29, 0.717) is 5.95 Å². The van der Waals surface area contributed by atoms with Crippen LogP contribution in [0, 0.1) is 0 Å². The topological polar surface area (TPSA) is 41.1 Å². The monoisotopic (exact) mass is 346 g/mol. The van der Waals surface area contributed by atoms with Crippen LogP contribution in [0.5, 0.6) is 0 Å². The lowest BCUT2D eigenvalue weighted by molar-refractivity contribution is 0.590. The molecule has 4 nitrogen and oxygen atoms in total. The highest BCUT2D eigenvalue weighted by atomic mass is 15.2. The predicted molar refractivity (Wildman–Crippen MR) is 109 cm³/mol. The molecule has 0 bridgehead atoms. The molecule has 4 heteroatoms. The highest BCUT2D eigenvalue weighted by Crippen LogP contribution is 2.24. The van der Waals surface area contributed by atoms with E-state index >= 15 is 0 Å². The van der Waals surface area contributed by atoms with Gasteiger partial charge in [-0.15, -0.1) is 0 Å². The van der Waals surface area contributed by atoms with E-state index < -0.39 is 0 Å². The van der Waals surface area contributed by atoms with Gasteiger partial charge in [-0.3, -0.25) is 0 Å². The van der Waals surface area contributed by atoms with Crippen LogP contribution in [-0.4, -0.2) is 17.0 Å². The molecule has 0 amide bonds. The molecule has 3 aromatic rings. The van der Waals surface area contributed by atoms with Crippen LogP contribution in [0.4, 0.5) is 17.5 Å². The Bertz CT molecular complexity index is 836. The van der Waals surface area contributed by atoms with Gasteiger partial charge in [0.25, 0.3) is 0 Å². The standard InChI is InChI=1S/C22H26N4/c1-22(2,3)18-10-12-19(13-11-18)24-21-23-15-14-20(25-21)26(4)16-17-8-6-5-7-9-17/h5-15H,16H2,1-4H3,(H,23,24,25). The summed E-state index contributed by atoms with van der Waals surface area (Å²) in [6.45, 7) is 7.44. The molecule has 2 aromatic carbocycles. The molecular formula is C22H26N4. The molecule has 0 atom stereocenters. The molecule has 3 rings (SSSR count). The fourth-order valence-electron chi connectivity index (χ4n) is 2.74. The van der Waals surface area contributed by atoms with Gasteiger partial charge < -0.3 is 10.2 Å². The second-order valence-corrected chi connectivity index (χ2v) is 7.53. The van der Waals surface area contributed by atoms with Gasteiger partial charge in [0.1, 0.15) is 5.82 Å². The van der Waals surface area contributed by atoms with Crippen LogP contribution in [0.2, 0.25) is 0 Å². The maximum absolute atomic E-state index is 4.64. The summed E-state index contributed by atoms with van der Waals surface area (Å²) in [6.07, 6.45) is 1.79. The van der Waals surface area contributed by atoms with E-state index in [1.54, 1.807) is 6.20 Å². The van der Waals surface area contributed by atoms with Gasteiger partial charge in [0.05, 0.1) is 0 Å². The fraction of sp³-hybridized carbons (Fsp3) is 0.273. The molecule has 26 heavy (non-hydrogen) atoms. The molecule has 1 heterocycles. The Kier molecular flexibility index (Phi) is 5.21. The molecule has 0 spiro atoms. The lowest BCUT2D eigenvalue weighted by Crippen LogP contribution is -2.18. The van der Waals surface area contributed by atoms with Crippen LogP contribution in [0.25, 0.3) is 0 Å². The Morgan fingerprint density at radius 3 is 2.27 bits per heavy atom. The average Bonchev–Trinajstić information content (AvgIpc) is 2.62. The Balaban J connectivity index is 1.71. The molecule has 0 saturated carbocycles. The van der Waals surface area contributed by atoms with Gasteiger partial charge >= 0.3 is 0 Å². The van der Waals surface area contributed by atoms with Gasteiger partial charge in [0, 0.05) is 25.5 Å². The second kappa shape index (κ2) is 7.56. The number of benzene rings is 2. The SMILES string of the molecule is CN(Cc1ccccc1)c1ccnc(Nc2ccc(C(C)(C)C)cc2)n1. The molecule has 0 unspecified atom stereocenters. The summed E-state index contributed by atoms with van der Waals surface area (Å²) in [5.41, 5.74) is 3.69. The summed E-state index contributed by atoms with van der Waals surface area (Å²) >= 11 is 0. The second-order valence-electron chi connectivity index (χ2n) is 7.53. The van der Waals surface area contributed by atoms with Crippen LogP contribution in [0.15, 0.2) is 66.9 Å². The van der Waals surface area contributed by atoms with Crippen LogP contribution in [-0.2, 0) is 12.0 Å². The largest absolute Gasteiger partial charge is 0.355 e. The van der Waals surface area contributed by atoms with Crippen LogP contribution < -0.4 is 10.2 Å². The summed E-state index contributed by atoms with van der Waals surface area (Å²) in [6, 6.07) is 20.7. The molecule has 1 N–H and O–H groups in total. The third-order valence-electron chi connectivity index (χ3n) is 4.30. The smallest absolute Gasteiger partial charge is 0.229 e. The number of nitrogens with one attached hydrogen (secondary N) is 1. The van der Waals surface area contributed by atoms with Crippen molar-refractivity contribution in [3.8, 4) is 0 Å². The summed E-state index contributed by atoms with van der Waals surface area (Å²) < 4.78 is 0. The first kappa shape index (κ1) is 17.9. The molecule has 0 aliphatic rings. The minimum absolute atomic E-state index is 0.148. The van der Waals surface area contributed by atoms with Crippen LogP contribution >= 0.6 is 0 Å². The number of aromatic nitrogens is 2. The molecule has 0 fully saturated rings. The molecule has 0 aliphatic carbocycles. The van der Waals surface area contributed by atoms with Crippen molar-refractivity contribution in [2.45, 2.75) is 32.7 Å². The normalized spacial score (nSPS) is 11.2. The van der Waals surface area contributed by atoms with Crippen molar-refractivity contribution >= 4 is 17.5 Å². The van der Waals surface area contributed by atoms with Gasteiger partial charge in [0.15, 0.2) is 0 Å². The highest BCUT2D eigenvalue weighted by molar-refractivity contribution is 5.55. The zero-order chi connectivity index (χ0) is 18.6. The average molecular weight is 346 g/mol. The Labute approximate surface area is 155 Å². The quantitative estimate of drug-likeness (QED) is 0.693. The van der Waals surface area contributed by atoms with Gasteiger partial charge in [-0.05, 0) is 34.7 Å². The van der Waals surface area contributed by atoms with Crippen molar-refractivity contribution in [2.75, 3.05) is 17.3 Å². The van der Waals surface area contributed by atoms with E-state index in [-0.39, 0.29) is 5.41 Å². The maximum atomic E-state index is 4.64. The zero-order valence-electron chi connectivity index (χ0n) is 15.9. The molecule has 0 radical (unpaired) electrons. The number of hydrogen-bond donors (Lipinski definition) is 1. The third kappa shape index (κ3) is 4.60. The minimum atomic E-state index is 0.148. The van der Waals surface area contributed by atoms with E-state index in [0.717, 1.165) is 18.1 Å². The number of anilines is 3. The number of hydrogen-bond acceptors (Lipinski definition) is 4. The van der Waals surface area contributed by atoms with Crippen molar-refractivity contribution in [3.63, 3.8) is 0 Å². The first-order valence-electron chi connectivity index (χ1n) is 8.87. The van der Waals surface area contributed by atoms with Crippen molar-refractivity contribution < 1.29 is 0 Å². The van der Waals surface area contributed by atoms with E-state index in [4.69, 9.17) is 0 Å². The maximum Gasteiger partial charge on any atom is 0.229 e. The van der Waals surface area contributed by atoms with Crippen LogP contribution in [0.1, 0.15) is 31.9 Å². The molecule has 134 valence electrons. The molecular weight excluding hydrogens is 320 g/mol. The van der Waals surface area contributed by atoms with Crippen molar-refractivity contribution in [1.82, 2.24) is 9.97 Å². The zero-order valence-corrected chi connectivity index (χ0v) is 15.9. The summed E-state index contributed by atoms with van der Waals surface area (Å²) in [5, 5.41) is 3.29. The molecule has 0 aliphatic heterocycles. The summed E-state index contributed by atoms with van der Waals surface area (Å²) in [7, 11) is 2.04. The van der Waals surface area contributed by atoms with Gasteiger partial charge in [-0.25, -0.2) is 4.98 Å². The lowest BCUT2D eigenvalue weighted by atomic mass is 9.87. The Hall–Kier alpha value is -2.88. The van der Waals surface area contributed by atoms with E-state index in [9.17, 15) is 0 Å². The van der Waals surface area contributed by atoms with E-state index in [2.05, 4.69) is 89.5 Å². The first-order chi connectivity index (χ1) is 12.4. The van der Waals surface area contributed by atoms with E-state index in [1.165, 1.54) is 11.1 Å². The molecule has 1 aromatic heterocycles. The first-order valence-corrected chi connectivity index (χ1v) is 8.87. The van der Waals surface area contributed by atoms with E-state index in [1.807, 2.05) is 19.2 Å². The number of nitrogens with zero attached hydrogens (tertiary/aromatic N) is 3. The van der Waals surface area contributed by atoms with Crippen molar-refractivity contribution in [2.24, 2.45) is 0 Å². The van der Waals surface area contributed by atoms with Gasteiger partial charge in [0.2, 0.25) is 5.95 Å². The predicted octanol–water partition coefficient (Wildman–Crippen LogP) is 5.15.